The zero-order valence-electron chi connectivity index (χ0n) is 44.5. The standard InChI is InChI=1S/C29H27F4N5O4.C28H25F4N5O4/c1-3-16-14-18(4-5-19(16)27(39)37-11-8-17(9-12-37)28(40)41-2)36-25-26-35-15-21(38(26)13-10-34-25)20-6-7-22(42-29(32)33)24(31)23(20)30;1-2-15-13-17(3-4-18(15)26(38)36-10-7-16(8-11-36)27(39)40)35-24-25-34-14-20(37(25)12-9-33-24)19-5-6-21(41-28(31)32)23(30)22(19)29/h4-7,10,13-15,17,29H,3,8-9,11-12H2,1-2H3,(H,34,36);3-6,9,12-14,16,28H,2,7-8,10-11H2,1H3,(H,33,35)(H,39,40). The van der Waals surface area contributed by atoms with Crippen molar-refractivity contribution in [3.05, 3.63) is 143 Å². The molecule has 10 rings (SSSR count). The van der Waals surface area contributed by atoms with Crippen molar-refractivity contribution in [3.63, 3.8) is 0 Å². The molecule has 2 saturated heterocycles. The molecule has 18 nitrogen and oxygen atoms in total. The highest BCUT2D eigenvalue weighted by Crippen LogP contribution is 2.35. The summed E-state index contributed by atoms with van der Waals surface area (Å²) in [6.07, 6.45) is 11.6. The molecule has 0 saturated carbocycles. The van der Waals surface area contributed by atoms with Gasteiger partial charge in [-0.25, -0.2) is 28.7 Å². The second kappa shape index (κ2) is 25.2. The van der Waals surface area contributed by atoms with Crippen LogP contribution in [0, 0.1) is 35.1 Å². The van der Waals surface area contributed by atoms with E-state index in [-0.39, 0.29) is 51.9 Å². The van der Waals surface area contributed by atoms with E-state index in [9.17, 15) is 59.4 Å². The molecule has 2 aliphatic heterocycles. The van der Waals surface area contributed by atoms with Crippen LogP contribution in [0.3, 0.4) is 0 Å². The van der Waals surface area contributed by atoms with Crippen molar-refractivity contribution >= 4 is 58.1 Å². The van der Waals surface area contributed by atoms with Crippen LogP contribution in [-0.4, -0.2) is 114 Å². The van der Waals surface area contributed by atoms with Crippen molar-refractivity contribution in [1.82, 2.24) is 38.5 Å². The van der Waals surface area contributed by atoms with E-state index >= 15 is 0 Å². The summed E-state index contributed by atoms with van der Waals surface area (Å²) in [6.45, 7) is -1.08. The number of esters is 1. The Kier molecular flexibility index (Phi) is 17.7. The molecular formula is C57H52F8N10O8. The van der Waals surface area contributed by atoms with Crippen LogP contribution in [0.25, 0.3) is 33.8 Å². The molecule has 0 atom stereocenters. The number of halogens is 8. The van der Waals surface area contributed by atoms with Crippen LogP contribution in [0.1, 0.15) is 71.4 Å². The number of aliphatic carboxylic acids is 1. The van der Waals surface area contributed by atoms with Gasteiger partial charge in [-0.1, -0.05) is 13.8 Å². The number of carbonyl (C=O) groups is 4. The first kappa shape index (κ1) is 58.3. The van der Waals surface area contributed by atoms with Gasteiger partial charge in [0.1, 0.15) is 0 Å². The summed E-state index contributed by atoms with van der Waals surface area (Å²) in [7, 11) is 1.36. The van der Waals surface area contributed by atoms with E-state index in [4.69, 9.17) is 4.74 Å². The van der Waals surface area contributed by atoms with Gasteiger partial charge < -0.3 is 39.8 Å². The number of anilines is 4. The minimum Gasteiger partial charge on any atom is -0.481 e. The maximum atomic E-state index is 14.8. The van der Waals surface area contributed by atoms with Gasteiger partial charge in [-0.3, -0.25) is 28.0 Å². The fourth-order valence-electron chi connectivity index (χ4n) is 10.0. The predicted octanol–water partition coefficient (Wildman–Crippen LogP) is 11.1. The summed E-state index contributed by atoms with van der Waals surface area (Å²) in [4.78, 5) is 70.2. The third kappa shape index (κ3) is 12.4. The lowest BCUT2D eigenvalue weighted by Gasteiger charge is -2.31. The molecule has 83 heavy (non-hydrogen) atoms. The number of piperidine rings is 2. The summed E-state index contributed by atoms with van der Waals surface area (Å²) in [6, 6.07) is 14.6. The summed E-state index contributed by atoms with van der Waals surface area (Å²) in [5, 5.41) is 15.5. The van der Waals surface area contributed by atoms with Crippen molar-refractivity contribution in [3.8, 4) is 34.0 Å². The Morgan fingerprint density at radius 3 is 1.37 bits per heavy atom. The lowest BCUT2D eigenvalue weighted by atomic mass is 9.95. The molecule has 4 aromatic carbocycles. The lowest BCUT2D eigenvalue weighted by molar-refractivity contribution is -0.147. The van der Waals surface area contributed by atoms with Gasteiger partial charge in [0.25, 0.3) is 11.8 Å². The molecule has 3 N–H and O–H groups in total. The molecule has 4 aromatic heterocycles. The molecule has 0 spiro atoms. The molecular weight excluding hydrogens is 1100 g/mol. The SMILES string of the molecule is CCc1cc(Nc2nccn3c(-c4ccc(OC(F)F)c(F)c4F)cnc23)ccc1C(=O)N1CCC(C(=O)O)CC1.CCc1cc(Nc2nccn3c(-c4ccc(OC(F)F)c(F)c4F)cnc23)ccc1C(=O)N1CCC(C(=O)OC)CC1. The third-order valence-corrected chi connectivity index (χ3v) is 14.3. The normalized spacial score (nSPS) is 14.0. The maximum Gasteiger partial charge on any atom is 0.387 e. The van der Waals surface area contributed by atoms with Crippen molar-refractivity contribution < 1.29 is 73.6 Å². The molecule has 434 valence electrons. The number of hydrogen-bond donors (Lipinski definition) is 3. The van der Waals surface area contributed by atoms with E-state index in [0.717, 1.165) is 35.4 Å². The Hall–Kier alpha value is -9.36. The molecule has 0 unspecified atom stereocenters. The van der Waals surface area contributed by atoms with Crippen LogP contribution in [0.5, 0.6) is 11.5 Å². The Labute approximate surface area is 467 Å². The van der Waals surface area contributed by atoms with Crippen molar-refractivity contribution in [2.24, 2.45) is 11.8 Å². The number of carboxylic acids is 1. The minimum absolute atomic E-state index is 0.112. The Morgan fingerprint density at radius 2 is 1.00 bits per heavy atom. The highest BCUT2D eigenvalue weighted by atomic mass is 19.3. The zero-order valence-corrected chi connectivity index (χ0v) is 44.5. The van der Waals surface area contributed by atoms with E-state index in [1.54, 1.807) is 34.1 Å². The second-order valence-corrected chi connectivity index (χ2v) is 19.2. The molecule has 6 heterocycles. The molecule has 2 aliphatic rings. The Morgan fingerprint density at radius 1 is 0.590 bits per heavy atom. The fraction of sp³-hybridized carbons (Fsp3) is 0.298. The predicted molar refractivity (Wildman–Crippen MR) is 285 cm³/mol. The van der Waals surface area contributed by atoms with Crippen LogP contribution < -0.4 is 20.1 Å². The number of likely N-dealkylation sites (tertiary alicyclic amines) is 2. The van der Waals surface area contributed by atoms with E-state index in [1.165, 1.54) is 53.1 Å². The number of ether oxygens (including phenoxy) is 3. The number of aryl methyl sites for hydroxylation is 2. The van der Waals surface area contributed by atoms with Crippen LogP contribution in [0.2, 0.25) is 0 Å². The topological polar surface area (TPSA) is 207 Å². The summed E-state index contributed by atoms with van der Waals surface area (Å²) in [5.41, 5.74) is 4.41. The number of hydrogen-bond acceptors (Lipinski definition) is 13. The number of benzene rings is 4. The van der Waals surface area contributed by atoms with Crippen molar-refractivity contribution in [2.45, 2.75) is 65.6 Å². The Bertz CT molecular complexity index is 3730. The van der Waals surface area contributed by atoms with Gasteiger partial charge in [-0.2, -0.15) is 26.3 Å². The number of amides is 2. The monoisotopic (exact) mass is 1160 g/mol. The number of alkyl halides is 4. The zero-order chi connectivity index (χ0) is 59.2. The number of rotatable bonds is 16. The van der Waals surface area contributed by atoms with Crippen molar-refractivity contribution in [1.29, 1.82) is 0 Å². The first-order valence-corrected chi connectivity index (χ1v) is 26.1. The highest BCUT2D eigenvalue weighted by Gasteiger charge is 2.31. The number of nitrogens with one attached hydrogen (secondary N) is 2. The van der Waals surface area contributed by atoms with Gasteiger partial charge in [-0.15, -0.1) is 0 Å². The maximum absolute atomic E-state index is 14.8. The number of methoxy groups -OCH3 is 1. The molecule has 2 amide bonds. The number of imidazole rings is 2. The van der Waals surface area contributed by atoms with E-state index in [1.807, 2.05) is 26.0 Å². The molecule has 8 aromatic rings. The van der Waals surface area contributed by atoms with Crippen LogP contribution in [0.15, 0.2) is 97.8 Å². The highest BCUT2D eigenvalue weighted by molar-refractivity contribution is 5.97. The summed E-state index contributed by atoms with van der Waals surface area (Å²) >= 11 is 0. The van der Waals surface area contributed by atoms with E-state index in [2.05, 4.69) is 40.0 Å². The largest absolute Gasteiger partial charge is 0.481 e. The van der Waals surface area contributed by atoms with Gasteiger partial charge in [-0.05, 0) is 110 Å². The van der Waals surface area contributed by atoms with E-state index < -0.39 is 59.9 Å². The first-order chi connectivity index (χ1) is 39.9. The first-order valence-electron chi connectivity index (χ1n) is 26.1. The van der Waals surface area contributed by atoms with Crippen molar-refractivity contribution in [2.75, 3.05) is 43.9 Å². The smallest absolute Gasteiger partial charge is 0.387 e. The minimum atomic E-state index is -3.30. The van der Waals surface area contributed by atoms with Crippen LogP contribution >= 0.6 is 0 Å². The van der Waals surface area contributed by atoms with Crippen LogP contribution in [-0.2, 0) is 27.2 Å². The van der Waals surface area contributed by atoms with Gasteiger partial charge in [0.05, 0.1) is 42.7 Å². The number of nitrogens with zero attached hydrogens (tertiary/aromatic N) is 8. The number of carboxylic acid groups (broad SMARTS) is 1. The van der Waals surface area contributed by atoms with Gasteiger partial charge in [0.15, 0.2) is 46.1 Å². The number of carbonyl (C=O) groups excluding carboxylic acids is 3. The van der Waals surface area contributed by atoms with Gasteiger partial charge in [0, 0.05) is 84.6 Å². The lowest BCUT2D eigenvalue weighted by Crippen LogP contribution is -2.40. The molecule has 0 radical (unpaired) electrons. The van der Waals surface area contributed by atoms with Crippen LogP contribution in [0.4, 0.5) is 58.1 Å². The van der Waals surface area contributed by atoms with Gasteiger partial charge in [0.2, 0.25) is 11.6 Å². The molecule has 2 fully saturated rings. The number of fused-ring (bicyclic) bond motifs is 2. The Balaban J connectivity index is 0.000000200. The molecule has 26 heteroatoms. The van der Waals surface area contributed by atoms with E-state index in [0.29, 0.717) is 104 Å². The third-order valence-electron chi connectivity index (χ3n) is 14.3. The molecule has 0 bridgehead atoms. The second-order valence-electron chi connectivity index (χ2n) is 19.2. The quantitative estimate of drug-likeness (QED) is 0.0608. The van der Waals surface area contributed by atoms with Gasteiger partial charge >= 0.3 is 25.2 Å². The fourth-order valence-corrected chi connectivity index (χ4v) is 10.0. The average Bonchev–Trinajstić information content (AvgIpc) is 4.24. The average molecular weight is 1160 g/mol. The summed E-state index contributed by atoms with van der Waals surface area (Å²) in [5.74, 6) is -9.01. The number of aromatic nitrogens is 6. The summed E-state index contributed by atoms with van der Waals surface area (Å²) < 4.78 is 124. The molecule has 0 aliphatic carbocycles.